The smallest absolute Gasteiger partial charge is 0.247 e. The minimum absolute atomic E-state index is 0.0175. The first-order chi connectivity index (χ1) is 22.1. The fourth-order valence-corrected chi connectivity index (χ4v) is 6.11. The number of carbonyl (C=O) groups is 3. The number of hydrogen-bond donors (Lipinski definition) is 4. The van der Waals surface area contributed by atoms with Crippen molar-refractivity contribution in [3.05, 3.63) is 56.7 Å². The molecular weight excluding hydrogens is 711 g/mol. The van der Waals surface area contributed by atoms with E-state index in [9.17, 15) is 29.7 Å². The van der Waals surface area contributed by atoms with Crippen LogP contribution in [-0.4, -0.2) is 97.1 Å². The SMILES string of the molecule is COc1ccc(OC)c(CCN(C(=O)CCCC(C)=O)C2CC(C(=O)NCCO)=CC(Oc3c(I)cc(CO)cc3OC)C2O)c1. The number of rotatable bonds is 17. The third-order valence-electron chi connectivity index (χ3n) is 7.69. The van der Waals surface area contributed by atoms with Crippen LogP contribution in [0.5, 0.6) is 23.0 Å². The number of ketones is 1. The van der Waals surface area contributed by atoms with Crippen LogP contribution in [0.2, 0.25) is 0 Å². The monoisotopic (exact) mass is 754 g/mol. The van der Waals surface area contributed by atoms with E-state index in [0.29, 0.717) is 45.0 Å². The molecule has 1 aliphatic carbocycles. The highest BCUT2D eigenvalue weighted by atomic mass is 127. The van der Waals surface area contributed by atoms with Crippen LogP contribution in [0, 0.1) is 3.57 Å². The maximum absolute atomic E-state index is 13.8. The Balaban J connectivity index is 2.03. The molecule has 2 amide bonds. The van der Waals surface area contributed by atoms with Gasteiger partial charge in [-0.2, -0.15) is 0 Å². The minimum Gasteiger partial charge on any atom is -0.497 e. The molecule has 0 fully saturated rings. The molecule has 2 aromatic carbocycles. The summed E-state index contributed by atoms with van der Waals surface area (Å²) in [6.45, 7) is 1.17. The lowest BCUT2D eigenvalue weighted by Gasteiger charge is -2.41. The summed E-state index contributed by atoms with van der Waals surface area (Å²) in [7, 11) is 4.56. The maximum Gasteiger partial charge on any atom is 0.247 e. The highest BCUT2D eigenvalue weighted by molar-refractivity contribution is 14.1. The van der Waals surface area contributed by atoms with Gasteiger partial charge in [0, 0.05) is 37.9 Å². The molecule has 0 saturated carbocycles. The van der Waals surface area contributed by atoms with Crippen LogP contribution in [0.4, 0.5) is 0 Å². The van der Waals surface area contributed by atoms with Crippen LogP contribution in [0.3, 0.4) is 0 Å². The molecule has 0 aromatic heterocycles. The molecule has 2 aromatic rings. The first-order valence-electron chi connectivity index (χ1n) is 15.0. The number of Topliss-reactive ketones (excluding diaryl/α,β-unsaturated/α-hetero) is 1. The molecule has 13 heteroatoms. The van der Waals surface area contributed by atoms with Gasteiger partial charge in [-0.05, 0) is 89.9 Å². The van der Waals surface area contributed by atoms with Crippen molar-refractivity contribution in [2.45, 2.75) is 63.9 Å². The molecule has 3 unspecified atom stereocenters. The van der Waals surface area contributed by atoms with Crippen LogP contribution in [0.1, 0.15) is 43.7 Å². The normalized spacial score (nSPS) is 17.5. The Labute approximate surface area is 282 Å². The molecule has 0 radical (unpaired) electrons. The molecule has 0 heterocycles. The lowest BCUT2D eigenvalue weighted by atomic mass is 9.87. The van der Waals surface area contributed by atoms with E-state index in [2.05, 4.69) is 5.32 Å². The van der Waals surface area contributed by atoms with Crippen LogP contribution in [0.15, 0.2) is 42.0 Å². The molecule has 0 bridgehead atoms. The Hall–Kier alpha value is -3.40. The van der Waals surface area contributed by atoms with Gasteiger partial charge in [-0.1, -0.05) is 0 Å². The quantitative estimate of drug-likeness (QED) is 0.177. The maximum atomic E-state index is 13.8. The Morgan fingerprint density at radius 3 is 2.39 bits per heavy atom. The van der Waals surface area contributed by atoms with Gasteiger partial charge in [-0.3, -0.25) is 9.59 Å². The van der Waals surface area contributed by atoms with Crippen molar-refractivity contribution < 1.29 is 48.7 Å². The number of aliphatic hydroxyl groups excluding tert-OH is 3. The number of amides is 2. The Morgan fingerprint density at radius 2 is 1.76 bits per heavy atom. The van der Waals surface area contributed by atoms with Crippen LogP contribution in [-0.2, 0) is 27.4 Å². The van der Waals surface area contributed by atoms with Gasteiger partial charge in [0.2, 0.25) is 11.8 Å². The first-order valence-corrected chi connectivity index (χ1v) is 16.1. The average Bonchev–Trinajstić information content (AvgIpc) is 3.05. The fourth-order valence-electron chi connectivity index (χ4n) is 5.32. The van der Waals surface area contributed by atoms with E-state index in [1.54, 1.807) is 43.4 Å². The Bertz CT molecular complexity index is 1400. The van der Waals surface area contributed by atoms with Gasteiger partial charge < -0.3 is 49.3 Å². The highest BCUT2D eigenvalue weighted by Crippen LogP contribution is 2.37. The largest absolute Gasteiger partial charge is 0.497 e. The molecule has 3 atom stereocenters. The van der Waals surface area contributed by atoms with E-state index >= 15 is 0 Å². The number of hydrogen-bond acceptors (Lipinski definition) is 10. The van der Waals surface area contributed by atoms with Crippen molar-refractivity contribution in [2.24, 2.45) is 0 Å². The van der Waals surface area contributed by atoms with Crippen LogP contribution >= 0.6 is 22.6 Å². The lowest BCUT2D eigenvalue weighted by Crippen LogP contribution is -2.55. The van der Waals surface area contributed by atoms with Gasteiger partial charge in [-0.25, -0.2) is 0 Å². The average molecular weight is 755 g/mol. The van der Waals surface area contributed by atoms with Crippen LogP contribution < -0.4 is 24.3 Å². The summed E-state index contributed by atoms with van der Waals surface area (Å²) in [5.41, 5.74) is 1.65. The predicted octanol–water partition coefficient (Wildman–Crippen LogP) is 2.56. The van der Waals surface area contributed by atoms with Crippen molar-refractivity contribution in [3.8, 4) is 23.0 Å². The topological polar surface area (TPSA) is 164 Å². The first kappa shape index (κ1) is 37.1. The van der Waals surface area contributed by atoms with Crippen molar-refractivity contribution in [2.75, 3.05) is 41.0 Å². The molecule has 46 heavy (non-hydrogen) atoms. The van der Waals surface area contributed by atoms with E-state index < -0.39 is 24.2 Å². The molecule has 0 aliphatic heterocycles. The summed E-state index contributed by atoms with van der Waals surface area (Å²) in [6.07, 6.45) is 0.175. The van der Waals surface area contributed by atoms with Gasteiger partial charge in [0.15, 0.2) is 11.5 Å². The standard InChI is InChI=1S/C33H43IN2O10/c1-20(39)6-5-7-30(40)36(12-10-22-16-24(43-2)8-9-27(22)44-3)26-17-23(33(42)35-11-13-37)18-28(31(26)41)46-32-25(34)14-21(19-38)15-29(32)45-4/h8-9,14-16,18,26,28,31,37-38,41H,5-7,10-13,17,19H2,1-4H3,(H,35,42). The molecule has 12 nitrogen and oxygen atoms in total. The number of carbonyl (C=O) groups excluding carboxylic acids is 3. The van der Waals surface area contributed by atoms with E-state index in [4.69, 9.17) is 18.9 Å². The summed E-state index contributed by atoms with van der Waals surface area (Å²) in [6, 6.07) is 7.82. The zero-order chi connectivity index (χ0) is 33.8. The number of nitrogens with zero attached hydrogens (tertiary/aromatic N) is 1. The van der Waals surface area contributed by atoms with E-state index in [1.807, 2.05) is 28.7 Å². The van der Waals surface area contributed by atoms with Crippen LogP contribution in [0.25, 0.3) is 0 Å². The van der Waals surface area contributed by atoms with Crippen molar-refractivity contribution in [3.63, 3.8) is 0 Å². The third kappa shape index (κ3) is 9.80. The highest BCUT2D eigenvalue weighted by Gasteiger charge is 2.41. The predicted molar refractivity (Wildman–Crippen MR) is 178 cm³/mol. The van der Waals surface area contributed by atoms with Crippen molar-refractivity contribution >= 4 is 40.2 Å². The second kappa shape index (κ2) is 18.1. The number of ether oxygens (including phenoxy) is 4. The van der Waals surface area contributed by atoms with Gasteiger partial charge in [0.05, 0.1) is 44.2 Å². The molecule has 252 valence electrons. The second-order valence-corrected chi connectivity index (χ2v) is 12.0. The number of nitrogens with one attached hydrogen (secondary N) is 1. The zero-order valence-electron chi connectivity index (χ0n) is 26.6. The molecule has 1 aliphatic rings. The Morgan fingerprint density at radius 1 is 1.02 bits per heavy atom. The lowest BCUT2D eigenvalue weighted by molar-refractivity contribution is -0.138. The summed E-state index contributed by atoms with van der Waals surface area (Å²) < 4.78 is 23.4. The van der Waals surface area contributed by atoms with Crippen molar-refractivity contribution in [1.82, 2.24) is 10.2 Å². The molecule has 3 rings (SSSR count). The second-order valence-electron chi connectivity index (χ2n) is 10.9. The van der Waals surface area contributed by atoms with Crippen molar-refractivity contribution in [1.29, 1.82) is 0 Å². The summed E-state index contributed by atoms with van der Waals surface area (Å²) in [4.78, 5) is 40.2. The number of benzene rings is 2. The molecule has 0 saturated heterocycles. The molecule has 0 spiro atoms. The summed E-state index contributed by atoms with van der Waals surface area (Å²) in [5.74, 6) is 1.06. The number of aliphatic hydroxyl groups is 3. The van der Waals surface area contributed by atoms with E-state index in [0.717, 1.165) is 5.56 Å². The summed E-state index contributed by atoms with van der Waals surface area (Å²) in [5, 5.41) is 33.4. The summed E-state index contributed by atoms with van der Waals surface area (Å²) >= 11 is 2.04. The Kier molecular flexibility index (Phi) is 14.6. The number of halogens is 1. The van der Waals surface area contributed by atoms with Gasteiger partial charge in [-0.15, -0.1) is 0 Å². The minimum atomic E-state index is -1.27. The van der Waals surface area contributed by atoms with Gasteiger partial charge >= 0.3 is 0 Å². The van der Waals surface area contributed by atoms with Gasteiger partial charge in [0.25, 0.3) is 0 Å². The van der Waals surface area contributed by atoms with Gasteiger partial charge in [0.1, 0.15) is 29.5 Å². The van der Waals surface area contributed by atoms with E-state index in [1.165, 1.54) is 20.1 Å². The van der Waals surface area contributed by atoms with E-state index in [-0.39, 0.29) is 62.8 Å². The zero-order valence-corrected chi connectivity index (χ0v) is 28.7. The fraction of sp³-hybridized carbons (Fsp3) is 0.485. The number of methoxy groups -OCH3 is 3. The molecule has 4 N–H and O–H groups in total. The third-order valence-corrected chi connectivity index (χ3v) is 8.49. The molecular formula is C33H43IN2O10.